The van der Waals surface area contributed by atoms with Crippen molar-refractivity contribution in [1.29, 1.82) is 0 Å². The van der Waals surface area contributed by atoms with Gasteiger partial charge in [-0.1, -0.05) is 12.1 Å². The Kier molecular flexibility index (Phi) is 5.48. The number of halogens is 6. The van der Waals surface area contributed by atoms with Crippen LogP contribution in [0.15, 0.2) is 45.9 Å². The monoisotopic (exact) mass is 435 g/mol. The molecule has 154 valence electrons. The van der Waals surface area contributed by atoms with Crippen LogP contribution in [0.2, 0.25) is 0 Å². The van der Waals surface area contributed by atoms with Crippen LogP contribution in [-0.4, -0.2) is 25.1 Å². The van der Waals surface area contributed by atoms with Crippen molar-refractivity contribution in [3.63, 3.8) is 0 Å². The van der Waals surface area contributed by atoms with Gasteiger partial charge in [0.1, 0.15) is 5.69 Å². The van der Waals surface area contributed by atoms with Gasteiger partial charge in [-0.05, 0) is 30.3 Å². The summed E-state index contributed by atoms with van der Waals surface area (Å²) in [7, 11) is -1.45. The zero-order chi connectivity index (χ0) is 21.4. The minimum absolute atomic E-state index is 0.00202. The molecule has 0 spiro atoms. The van der Waals surface area contributed by atoms with Gasteiger partial charge in [0.05, 0.1) is 26.8 Å². The molecule has 1 unspecified atom stereocenters. The van der Waals surface area contributed by atoms with E-state index in [1.165, 1.54) is 18.3 Å². The lowest BCUT2D eigenvalue weighted by Gasteiger charge is -2.12. The first-order chi connectivity index (χ1) is 13.5. The molecular weight excluding hydrogens is 424 g/mol. The van der Waals surface area contributed by atoms with Gasteiger partial charge in [0.15, 0.2) is 0 Å². The van der Waals surface area contributed by atoms with Crippen LogP contribution >= 0.6 is 0 Å². The molecule has 3 rings (SSSR count). The van der Waals surface area contributed by atoms with E-state index in [4.69, 9.17) is 4.52 Å². The van der Waals surface area contributed by atoms with Gasteiger partial charge in [0, 0.05) is 17.5 Å². The van der Waals surface area contributed by atoms with Crippen molar-refractivity contribution in [3.05, 3.63) is 47.7 Å². The van der Waals surface area contributed by atoms with Crippen LogP contribution in [0.4, 0.5) is 26.3 Å². The minimum Gasteiger partial charge on any atom is -0.334 e. The molecule has 0 fully saturated rings. The van der Waals surface area contributed by atoms with Crippen molar-refractivity contribution in [2.75, 3.05) is 5.75 Å². The maximum Gasteiger partial charge on any atom is 0.416 e. The normalized spacial score (nSPS) is 13.5. The molecule has 3 aromatic rings. The van der Waals surface area contributed by atoms with E-state index in [2.05, 4.69) is 15.1 Å². The molecule has 29 heavy (non-hydrogen) atoms. The lowest BCUT2D eigenvalue weighted by molar-refractivity contribution is -0.143. The van der Waals surface area contributed by atoms with Crippen molar-refractivity contribution < 1.29 is 35.1 Å². The molecule has 1 atom stereocenters. The SMILES string of the molecule is CCS(=O)c1cccnc1-c1noc(-c2cc(C(F)(F)F)cc(C(F)(F)F)c2)n1. The first-order valence-corrected chi connectivity index (χ1v) is 9.30. The van der Waals surface area contributed by atoms with Gasteiger partial charge in [0.2, 0.25) is 5.82 Å². The molecule has 0 aliphatic rings. The topological polar surface area (TPSA) is 68.9 Å². The van der Waals surface area contributed by atoms with E-state index < -0.39 is 45.7 Å². The zero-order valence-electron chi connectivity index (χ0n) is 14.5. The fourth-order valence-corrected chi connectivity index (χ4v) is 3.31. The number of pyridine rings is 1. The van der Waals surface area contributed by atoms with Gasteiger partial charge < -0.3 is 4.52 Å². The first-order valence-electron chi connectivity index (χ1n) is 7.98. The summed E-state index contributed by atoms with van der Waals surface area (Å²) in [6, 6.07) is 3.99. The highest BCUT2D eigenvalue weighted by molar-refractivity contribution is 7.85. The molecule has 0 saturated carbocycles. The largest absolute Gasteiger partial charge is 0.416 e. The Labute approximate surface area is 162 Å². The van der Waals surface area contributed by atoms with E-state index in [0.717, 1.165) is 0 Å². The number of benzene rings is 1. The fourth-order valence-electron chi connectivity index (χ4n) is 2.41. The van der Waals surface area contributed by atoms with Gasteiger partial charge in [-0.2, -0.15) is 31.3 Å². The van der Waals surface area contributed by atoms with E-state index in [9.17, 15) is 30.6 Å². The van der Waals surface area contributed by atoms with Gasteiger partial charge in [-0.3, -0.25) is 9.19 Å². The number of hydrogen-bond donors (Lipinski definition) is 0. The first kappa shape index (κ1) is 21.0. The molecule has 0 aliphatic carbocycles. The number of aromatic nitrogens is 3. The van der Waals surface area contributed by atoms with Crippen molar-refractivity contribution >= 4 is 10.8 Å². The summed E-state index contributed by atoms with van der Waals surface area (Å²) in [6.45, 7) is 1.66. The molecule has 0 N–H and O–H groups in total. The van der Waals surface area contributed by atoms with E-state index in [0.29, 0.717) is 12.1 Å². The van der Waals surface area contributed by atoms with Crippen LogP contribution in [0.1, 0.15) is 18.1 Å². The minimum atomic E-state index is -5.01. The van der Waals surface area contributed by atoms with Crippen LogP contribution < -0.4 is 0 Å². The fraction of sp³-hybridized carbons (Fsp3) is 0.235. The van der Waals surface area contributed by atoms with Crippen molar-refractivity contribution in [3.8, 4) is 23.0 Å². The average Bonchev–Trinajstić information content (AvgIpc) is 3.15. The lowest BCUT2D eigenvalue weighted by atomic mass is 10.0. The molecule has 2 aromatic heterocycles. The van der Waals surface area contributed by atoms with Crippen LogP contribution in [0.25, 0.3) is 23.0 Å². The highest BCUT2D eigenvalue weighted by Gasteiger charge is 2.37. The van der Waals surface area contributed by atoms with E-state index in [1.54, 1.807) is 6.92 Å². The number of rotatable bonds is 4. The second-order valence-corrected chi connectivity index (χ2v) is 7.41. The van der Waals surface area contributed by atoms with E-state index in [-0.39, 0.29) is 28.2 Å². The average molecular weight is 435 g/mol. The summed E-state index contributed by atoms with van der Waals surface area (Å²) in [5, 5.41) is 3.58. The summed E-state index contributed by atoms with van der Waals surface area (Å²) in [5.74, 6) is -0.509. The highest BCUT2D eigenvalue weighted by Crippen LogP contribution is 2.38. The molecule has 0 amide bonds. The Hall–Kier alpha value is -2.76. The van der Waals surface area contributed by atoms with Crippen LogP contribution in [0, 0.1) is 0 Å². The van der Waals surface area contributed by atoms with Gasteiger partial charge in [0.25, 0.3) is 5.89 Å². The van der Waals surface area contributed by atoms with Crippen molar-refractivity contribution in [2.45, 2.75) is 24.2 Å². The molecule has 1 aromatic carbocycles. The number of hydrogen-bond acceptors (Lipinski definition) is 5. The second kappa shape index (κ2) is 7.58. The number of nitrogens with zero attached hydrogens (tertiary/aromatic N) is 3. The molecular formula is C17H11F6N3O2S. The Morgan fingerprint density at radius 1 is 1.03 bits per heavy atom. The van der Waals surface area contributed by atoms with Crippen molar-refractivity contribution in [2.24, 2.45) is 0 Å². The predicted molar refractivity (Wildman–Crippen MR) is 89.9 cm³/mol. The quantitative estimate of drug-likeness (QED) is 0.542. The third-order valence-corrected chi connectivity index (χ3v) is 5.09. The molecule has 12 heteroatoms. The maximum absolute atomic E-state index is 13.0. The standard InChI is InChI=1S/C17H11F6N3O2S/c1-2-29(27)12-4-3-5-24-13(12)14-25-15(28-26-14)9-6-10(16(18,19)20)8-11(7-9)17(21,22)23/h3-8H,2H2,1H3. The third-order valence-electron chi connectivity index (χ3n) is 3.75. The summed E-state index contributed by atoms with van der Waals surface area (Å²) >= 11 is 0. The van der Waals surface area contributed by atoms with E-state index in [1.807, 2.05) is 0 Å². The summed E-state index contributed by atoms with van der Waals surface area (Å²) < 4.78 is 95.2. The molecule has 0 saturated heterocycles. The van der Waals surface area contributed by atoms with Crippen LogP contribution in [0.3, 0.4) is 0 Å². The van der Waals surface area contributed by atoms with Gasteiger partial charge >= 0.3 is 12.4 Å². The molecule has 0 aliphatic heterocycles. The van der Waals surface area contributed by atoms with E-state index >= 15 is 0 Å². The predicted octanol–water partition coefficient (Wildman–Crippen LogP) is 4.96. The summed E-state index contributed by atoms with van der Waals surface area (Å²) in [6.07, 6.45) is -8.66. The Balaban J connectivity index is 2.11. The Bertz CT molecular complexity index is 1030. The maximum atomic E-state index is 13.0. The van der Waals surface area contributed by atoms with Gasteiger partial charge in [-0.25, -0.2) is 0 Å². The summed E-state index contributed by atoms with van der Waals surface area (Å²) in [4.78, 5) is 8.13. The van der Waals surface area contributed by atoms with Crippen molar-refractivity contribution in [1.82, 2.24) is 15.1 Å². The Morgan fingerprint density at radius 3 is 2.21 bits per heavy atom. The van der Waals surface area contributed by atoms with Crippen LogP contribution in [-0.2, 0) is 23.2 Å². The molecule has 5 nitrogen and oxygen atoms in total. The molecule has 2 heterocycles. The molecule has 0 bridgehead atoms. The highest BCUT2D eigenvalue weighted by atomic mass is 32.2. The summed E-state index contributed by atoms with van der Waals surface area (Å²) in [5.41, 5.74) is -3.51. The Morgan fingerprint density at radius 2 is 1.66 bits per heavy atom. The van der Waals surface area contributed by atoms with Crippen LogP contribution in [0.5, 0.6) is 0 Å². The number of alkyl halides is 6. The zero-order valence-corrected chi connectivity index (χ0v) is 15.3. The molecule has 0 radical (unpaired) electrons. The third kappa shape index (κ3) is 4.47. The van der Waals surface area contributed by atoms with Gasteiger partial charge in [-0.15, -0.1) is 0 Å². The smallest absolute Gasteiger partial charge is 0.334 e. The second-order valence-electron chi connectivity index (χ2n) is 5.70. The lowest BCUT2D eigenvalue weighted by Crippen LogP contribution is -2.11.